The van der Waals surface area contributed by atoms with Gasteiger partial charge in [-0.2, -0.15) is 0 Å². The van der Waals surface area contributed by atoms with E-state index in [1.807, 2.05) is 62.4 Å². The molecule has 0 saturated heterocycles. The first-order valence-corrected chi connectivity index (χ1v) is 7.89. The third-order valence-electron chi connectivity index (χ3n) is 3.25. The van der Waals surface area contributed by atoms with E-state index in [0.29, 0.717) is 26.1 Å². The Balaban J connectivity index is 1.67. The van der Waals surface area contributed by atoms with E-state index < -0.39 is 0 Å². The van der Waals surface area contributed by atoms with Crippen molar-refractivity contribution in [3.63, 3.8) is 0 Å². The van der Waals surface area contributed by atoms with Crippen LogP contribution in [-0.4, -0.2) is 19.1 Å². The molecule has 122 valence electrons. The summed E-state index contributed by atoms with van der Waals surface area (Å²) in [7, 11) is 0. The molecule has 0 spiro atoms. The van der Waals surface area contributed by atoms with Crippen LogP contribution in [0.3, 0.4) is 0 Å². The molecule has 0 fully saturated rings. The molecule has 0 aliphatic heterocycles. The van der Waals surface area contributed by atoms with Crippen LogP contribution in [0.1, 0.15) is 25.3 Å². The Morgan fingerprint density at radius 2 is 1.74 bits per heavy atom. The van der Waals surface area contributed by atoms with Crippen molar-refractivity contribution in [3.05, 3.63) is 54.1 Å². The zero-order valence-electron chi connectivity index (χ0n) is 13.7. The lowest BCUT2D eigenvalue weighted by Crippen LogP contribution is -2.12. The molecule has 1 amide bonds. The molecule has 4 heteroatoms. The summed E-state index contributed by atoms with van der Waals surface area (Å²) in [6.07, 6.45) is 1.11. The van der Waals surface area contributed by atoms with Gasteiger partial charge in [0.1, 0.15) is 11.5 Å². The summed E-state index contributed by atoms with van der Waals surface area (Å²) in [4.78, 5) is 11.9. The number of nitrogens with one attached hydrogen (secondary N) is 1. The molecule has 0 aromatic heterocycles. The van der Waals surface area contributed by atoms with Crippen LogP contribution in [0, 0.1) is 6.92 Å². The normalized spacial score (nSPS) is 10.2. The molecule has 0 saturated carbocycles. The number of carbonyl (C=O) groups excluding carboxylic acids is 1. The van der Waals surface area contributed by atoms with Gasteiger partial charge in [0, 0.05) is 12.1 Å². The minimum atomic E-state index is 0.00546. The van der Waals surface area contributed by atoms with Gasteiger partial charge in [0.25, 0.3) is 0 Å². The molecule has 2 rings (SSSR count). The van der Waals surface area contributed by atoms with E-state index in [4.69, 9.17) is 9.47 Å². The highest BCUT2D eigenvalue weighted by molar-refractivity contribution is 5.90. The van der Waals surface area contributed by atoms with Gasteiger partial charge in [-0.1, -0.05) is 12.1 Å². The van der Waals surface area contributed by atoms with Crippen molar-refractivity contribution in [1.29, 1.82) is 0 Å². The first kappa shape index (κ1) is 16.9. The minimum Gasteiger partial charge on any atom is -0.494 e. The maximum Gasteiger partial charge on any atom is 0.224 e. The van der Waals surface area contributed by atoms with Gasteiger partial charge in [0.05, 0.1) is 13.2 Å². The Morgan fingerprint density at radius 1 is 1.04 bits per heavy atom. The van der Waals surface area contributed by atoms with E-state index in [-0.39, 0.29) is 5.91 Å². The highest BCUT2D eigenvalue weighted by Gasteiger charge is 2.03. The molecular weight excluding hydrogens is 290 g/mol. The Morgan fingerprint density at radius 3 is 2.39 bits per heavy atom. The Hall–Kier alpha value is -2.49. The minimum absolute atomic E-state index is 0.00546. The van der Waals surface area contributed by atoms with E-state index in [9.17, 15) is 4.79 Å². The smallest absolute Gasteiger partial charge is 0.224 e. The van der Waals surface area contributed by atoms with E-state index >= 15 is 0 Å². The average Bonchev–Trinajstić information content (AvgIpc) is 2.53. The van der Waals surface area contributed by atoms with Crippen molar-refractivity contribution in [1.82, 2.24) is 0 Å². The number of benzene rings is 2. The lowest BCUT2D eigenvalue weighted by molar-refractivity contribution is -0.116. The number of amides is 1. The van der Waals surface area contributed by atoms with Gasteiger partial charge >= 0.3 is 0 Å². The van der Waals surface area contributed by atoms with Crippen LogP contribution >= 0.6 is 0 Å². The zero-order valence-corrected chi connectivity index (χ0v) is 13.7. The summed E-state index contributed by atoms with van der Waals surface area (Å²) in [5, 5.41) is 2.89. The third kappa shape index (κ3) is 6.02. The molecule has 0 atom stereocenters. The van der Waals surface area contributed by atoms with E-state index in [1.54, 1.807) is 0 Å². The van der Waals surface area contributed by atoms with Crippen molar-refractivity contribution < 1.29 is 14.3 Å². The molecule has 2 aromatic carbocycles. The maximum absolute atomic E-state index is 11.9. The van der Waals surface area contributed by atoms with Gasteiger partial charge in [-0.15, -0.1) is 0 Å². The summed E-state index contributed by atoms with van der Waals surface area (Å²) in [5.74, 6) is 1.62. The van der Waals surface area contributed by atoms with Crippen LogP contribution in [0.15, 0.2) is 48.5 Å². The van der Waals surface area contributed by atoms with Gasteiger partial charge in [0.15, 0.2) is 0 Å². The van der Waals surface area contributed by atoms with Crippen LogP contribution in [-0.2, 0) is 4.79 Å². The molecule has 0 radical (unpaired) electrons. The van der Waals surface area contributed by atoms with Crippen molar-refractivity contribution in [2.45, 2.75) is 26.7 Å². The lowest BCUT2D eigenvalue weighted by Gasteiger charge is -2.08. The van der Waals surface area contributed by atoms with Crippen LogP contribution < -0.4 is 14.8 Å². The summed E-state index contributed by atoms with van der Waals surface area (Å²) >= 11 is 0. The number of carbonyl (C=O) groups is 1. The molecule has 2 aromatic rings. The second kappa shape index (κ2) is 8.83. The number of hydrogen-bond donors (Lipinski definition) is 1. The molecule has 0 bridgehead atoms. The molecule has 4 nitrogen and oxygen atoms in total. The number of aryl methyl sites for hydroxylation is 1. The summed E-state index contributed by atoms with van der Waals surface area (Å²) in [5.41, 5.74) is 1.96. The summed E-state index contributed by atoms with van der Waals surface area (Å²) < 4.78 is 11.0. The molecule has 0 aliphatic rings. The second-order valence-corrected chi connectivity index (χ2v) is 5.27. The SMILES string of the molecule is CCOc1ccc(OCCCC(=O)Nc2cccc(C)c2)cc1. The van der Waals surface area contributed by atoms with E-state index in [2.05, 4.69) is 5.32 Å². The molecule has 1 N–H and O–H groups in total. The van der Waals surface area contributed by atoms with Gasteiger partial charge < -0.3 is 14.8 Å². The van der Waals surface area contributed by atoms with Crippen LogP contribution in [0.25, 0.3) is 0 Å². The predicted molar refractivity (Wildman–Crippen MR) is 92.1 cm³/mol. The molecule has 23 heavy (non-hydrogen) atoms. The van der Waals surface area contributed by atoms with Gasteiger partial charge in [-0.3, -0.25) is 4.79 Å². The third-order valence-corrected chi connectivity index (χ3v) is 3.25. The van der Waals surface area contributed by atoms with Crippen LogP contribution in [0.5, 0.6) is 11.5 Å². The number of hydrogen-bond acceptors (Lipinski definition) is 3. The highest BCUT2D eigenvalue weighted by atomic mass is 16.5. The van der Waals surface area contributed by atoms with Crippen molar-refractivity contribution >= 4 is 11.6 Å². The first-order chi connectivity index (χ1) is 11.2. The van der Waals surface area contributed by atoms with E-state index in [0.717, 1.165) is 22.7 Å². The average molecular weight is 313 g/mol. The molecular formula is C19H23NO3. The topological polar surface area (TPSA) is 47.6 Å². The van der Waals surface area contributed by atoms with Gasteiger partial charge in [-0.05, 0) is 62.2 Å². The van der Waals surface area contributed by atoms with Crippen molar-refractivity contribution in [2.24, 2.45) is 0 Å². The van der Waals surface area contributed by atoms with Crippen molar-refractivity contribution in [2.75, 3.05) is 18.5 Å². The molecule has 0 aliphatic carbocycles. The van der Waals surface area contributed by atoms with Gasteiger partial charge in [0.2, 0.25) is 5.91 Å². The Kier molecular flexibility index (Phi) is 6.48. The second-order valence-electron chi connectivity index (χ2n) is 5.27. The summed E-state index contributed by atoms with van der Waals surface area (Å²) in [6.45, 7) is 5.11. The highest BCUT2D eigenvalue weighted by Crippen LogP contribution is 2.17. The van der Waals surface area contributed by atoms with E-state index in [1.165, 1.54) is 0 Å². The number of ether oxygens (including phenoxy) is 2. The van der Waals surface area contributed by atoms with Gasteiger partial charge in [-0.25, -0.2) is 0 Å². The van der Waals surface area contributed by atoms with Crippen LogP contribution in [0.2, 0.25) is 0 Å². The first-order valence-electron chi connectivity index (χ1n) is 7.89. The molecule has 0 heterocycles. The largest absolute Gasteiger partial charge is 0.494 e. The van der Waals surface area contributed by atoms with Crippen LogP contribution in [0.4, 0.5) is 5.69 Å². The number of anilines is 1. The maximum atomic E-state index is 11.9. The fourth-order valence-corrected chi connectivity index (χ4v) is 2.17. The summed E-state index contributed by atoms with van der Waals surface area (Å²) in [6, 6.07) is 15.3. The lowest BCUT2D eigenvalue weighted by atomic mass is 10.2. The molecule has 0 unspecified atom stereocenters. The quantitative estimate of drug-likeness (QED) is 0.743. The fraction of sp³-hybridized carbons (Fsp3) is 0.316. The zero-order chi connectivity index (χ0) is 16.5. The van der Waals surface area contributed by atoms with Crippen molar-refractivity contribution in [3.8, 4) is 11.5 Å². The Labute approximate surface area is 137 Å². The predicted octanol–water partition coefficient (Wildman–Crippen LogP) is 4.19. The standard InChI is InChI=1S/C19H23NO3/c1-3-22-17-9-11-18(12-10-17)23-13-5-8-19(21)20-16-7-4-6-15(2)14-16/h4,6-7,9-12,14H,3,5,8,13H2,1-2H3,(H,20,21). The fourth-order valence-electron chi connectivity index (χ4n) is 2.17. The number of rotatable bonds is 8. The monoisotopic (exact) mass is 313 g/mol. The Bertz CT molecular complexity index is 623.